The van der Waals surface area contributed by atoms with Crippen LogP contribution < -0.4 is 5.32 Å². The third kappa shape index (κ3) is 4.60. The summed E-state index contributed by atoms with van der Waals surface area (Å²) in [5, 5.41) is 3.51. The molecule has 0 bridgehead atoms. The zero-order valence-corrected chi connectivity index (χ0v) is 11.7. The number of benzene rings is 1. The van der Waals surface area contributed by atoms with Crippen LogP contribution >= 0.6 is 11.6 Å². The van der Waals surface area contributed by atoms with Crippen molar-refractivity contribution in [3.05, 3.63) is 41.1 Å². The summed E-state index contributed by atoms with van der Waals surface area (Å²) in [7, 11) is 0. The molecule has 1 fully saturated rings. The molecule has 19 heavy (non-hydrogen) atoms. The first kappa shape index (κ1) is 13.9. The van der Waals surface area contributed by atoms with Gasteiger partial charge in [-0.05, 0) is 36.6 Å². The quantitative estimate of drug-likeness (QED) is 0.874. The zero-order chi connectivity index (χ0) is 13.5. The van der Waals surface area contributed by atoms with Gasteiger partial charge in [-0.25, -0.2) is 4.79 Å². The van der Waals surface area contributed by atoms with E-state index in [1.54, 1.807) is 6.20 Å². The molecule has 0 radical (unpaired) electrons. The molecule has 0 unspecified atom stereocenters. The number of amides is 2. The molecule has 4 heteroatoms. The number of carbonyl (C=O) groups is 1. The van der Waals surface area contributed by atoms with Gasteiger partial charge in [0.15, 0.2) is 0 Å². The number of halogens is 1. The topological polar surface area (TPSA) is 32.3 Å². The SMILES string of the molecule is O=C(N/C=C/c1cccc(Cl)c1)N1CCCCCC1. The molecule has 102 valence electrons. The molecule has 0 atom stereocenters. The maximum Gasteiger partial charge on any atom is 0.321 e. The Morgan fingerprint density at radius 2 is 1.95 bits per heavy atom. The predicted molar refractivity (Wildman–Crippen MR) is 79.1 cm³/mol. The monoisotopic (exact) mass is 278 g/mol. The van der Waals surface area contributed by atoms with E-state index >= 15 is 0 Å². The fraction of sp³-hybridized carbons (Fsp3) is 0.400. The minimum absolute atomic E-state index is 0.0137. The molecular formula is C15H19ClN2O. The molecule has 1 aromatic rings. The number of likely N-dealkylation sites (tertiary alicyclic amines) is 1. The Balaban J connectivity index is 1.85. The summed E-state index contributed by atoms with van der Waals surface area (Å²) >= 11 is 5.90. The van der Waals surface area contributed by atoms with Gasteiger partial charge in [-0.1, -0.05) is 36.6 Å². The normalized spacial score (nSPS) is 16.4. The lowest BCUT2D eigenvalue weighted by Crippen LogP contribution is -2.38. The van der Waals surface area contributed by atoms with E-state index in [-0.39, 0.29) is 6.03 Å². The van der Waals surface area contributed by atoms with Crippen molar-refractivity contribution >= 4 is 23.7 Å². The summed E-state index contributed by atoms with van der Waals surface area (Å²) < 4.78 is 0. The van der Waals surface area contributed by atoms with Gasteiger partial charge in [0.25, 0.3) is 0 Å². The van der Waals surface area contributed by atoms with Gasteiger partial charge in [0, 0.05) is 24.3 Å². The van der Waals surface area contributed by atoms with E-state index in [2.05, 4.69) is 5.32 Å². The molecule has 1 aliphatic heterocycles. The van der Waals surface area contributed by atoms with Gasteiger partial charge >= 0.3 is 6.03 Å². The van der Waals surface area contributed by atoms with Gasteiger partial charge < -0.3 is 10.2 Å². The second-order valence-electron chi connectivity index (χ2n) is 4.74. The Hall–Kier alpha value is -1.48. The average Bonchev–Trinajstić information content (AvgIpc) is 2.67. The molecule has 0 aromatic heterocycles. The number of hydrogen-bond donors (Lipinski definition) is 1. The standard InChI is InChI=1S/C15H19ClN2O/c16-14-7-5-6-13(12-14)8-9-17-15(19)18-10-3-1-2-4-11-18/h5-9,12H,1-4,10-11H2,(H,17,19)/b9-8+. The number of rotatable bonds is 2. The summed E-state index contributed by atoms with van der Waals surface area (Å²) in [6, 6.07) is 7.50. The number of carbonyl (C=O) groups excluding carboxylic acids is 1. The van der Waals surface area contributed by atoms with Gasteiger partial charge in [-0.2, -0.15) is 0 Å². The average molecular weight is 279 g/mol. The van der Waals surface area contributed by atoms with E-state index in [1.807, 2.05) is 35.2 Å². The Morgan fingerprint density at radius 1 is 1.21 bits per heavy atom. The molecule has 0 spiro atoms. The molecular weight excluding hydrogens is 260 g/mol. The maximum atomic E-state index is 11.9. The lowest BCUT2D eigenvalue weighted by atomic mass is 10.2. The van der Waals surface area contributed by atoms with Gasteiger partial charge in [-0.3, -0.25) is 0 Å². The molecule has 2 rings (SSSR count). The van der Waals surface area contributed by atoms with Crippen molar-refractivity contribution in [2.24, 2.45) is 0 Å². The predicted octanol–water partition coefficient (Wildman–Crippen LogP) is 3.90. The Labute approximate surface area is 119 Å². The lowest BCUT2D eigenvalue weighted by Gasteiger charge is -2.19. The van der Waals surface area contributed by atoms with Crippen LogP contribution in [0, 0.1) is 0 Å². The van der Waals surface area contributed by atoms with Crippen LogP contribution in [0.2, 0.25) is 5.02 Å². The highest BCUT2D eigenvalue weighted by Gasteiger charge is 2.13. The Kier molecular flexibility index (Phi) is 5.28. The largest absolute Gasteiger partial charge is 0.325 e. The van der Waals surface area contributed by atoms with Crippen LogP contribution in [0.4, 0.5) is 4.79 Å². The summed E-state index contributed by atoms with van der Waals surface area (Å²) in [6.45, 7) is 1.72. The molecule has 1 N–H and O–H groups in total. The molecule has 3 nitrogen and oxygen atoms in total. The molecule has 1 heterocycles. The van der Waals surface area contributed by atoms with Crippen LogP contribution in [0.15, 0.2) is 30.5 Å². The number of hydrogen-bond acceptors (Lipinski definition) is 1. The van der Waals surface area contributed by atoms with Crippen LogP contribution in [-0.2, 0) is 0 Å². The van der Waals surface area contributed by atoms with Crippen molar-refractivity contribution in [1.29, 1.82) is 0 Å². The minimum Gasteiger partial charge on any atom is -0.325 e. The Bertz CT molecular complexity index is 451. The smallest absolute Gasteiger partial charge is 0.321 e. The van der Waals surface area contributed by atoms with Crippen molar-refractivity contribution in [3.63, 3.8) is 0 Å². The number of urea groups is 1. The van der Waals surface area contributed by atoms with Crippen molar-refractivity contribution in [2.75, 3.05) is 13.1 Å². The summed E-state index contributed by atoms with van der Waals surface area (Å²) in [5.41, 5.74) is 0.976. The van der Waals surface area contributed by atoms with Crippen molar-refractivity contribution < 1.29 is 4.79 Å². The van der Waals surface area contributed by atoms with Crippen molar-refractivity contribution in [3.8, 4) is 0 Å². The van der Waals surface area contributed by atoms with E-state index in [4.69, 9.17) is 11.6 Å². The van der Waals surface area contributed by atoms with Gasteiger partial charge in [0.1, 0.15) is 0 Å². The van der Waals surface area contributed by atoms with Gasteiger partial charge in [0.05, 0.1) is 0 Å². The zero-order valence-electron chi connectivity index (χ0n) is 10.9. The van der Waals surface area contributed by atoms with E-state index < -0.39 is 0 Å². The molecule has 1 saturated heterocycles. The van der Waals surface area contributed by atoms with Gasteiger partial charge in [-0.15, -0.1) is 0 Å². The number of nitrogens with one attached hydrogen (secondary N) is 1. The van der Waals surface area contributed by atoms with E-state index in [0.717, 1.165) is 31.5 Å². The van der Waals surface area contributed by atoms with Crippen LogP contribution in [0.5, 0.6) is 0 Å². The highest BCUT2D eigenvalue weighted by molar-refractivity contribution is 6.30. The van der Waals surface area contributed by atoms with Crippen LogP contribution in [-0.4, -0.2) is 24.0 Å². The minimum atomic E-state index is -0.0137. The third-order valence-electron chi connectivity index (χ3n) is 3.22. The molecule has 1 aliphatic rings. The highest BCUT2D eigenvalue weighted by Crippen LogP contribution is 2.12. The van der Waals surface area contributed by atoms with Gasteiger partial charge in [0.2, 0.25) is 0 Å². The van der Waals surface area contributed by atoms with Crippen LogP contribution in [0.25, 0.3) is 6.08 Å². The first-order valence-corrected chi connectivity index (χ1v) is 7.11. The van der Waals surface area contributed by atoms with Crippen molar-refractivity contribution in [1.82, 2.24) is 10.2 Å². The second-order valence-corrected chi connectivity index (χ2v) is 5.18. The van der Waals surface area contributed by atoms with Crippen LogP contribution in [0.1, 0.15) is 31.2 Å². The molecule has 2 amide bonds. The molecule has 0 aliphatic carbocycles. The Morgan fingerprint density at radius 3 is 2.63 bits per heavy atom. The van der Waals surface area contributed by atoms with E-state index in [1.165, 1.54) is 12.8 Å². The van der Waals surface area contributed by atoms with E-state index in [9.17, 15) is 4.79 Å². The first-order chi connectivity index (χ1) is 9.25. The van der Waals surface area contributed by atoms with Crippen molar-refractivity contribution in [2.45, 2.75) is 25.7 Å². The summed E-state index contributed by atoms with van der Waals surface area (Å²) in [6.07, 6.45) is 8.18. The fourth-order valence-corrected chi connectivity index (χ4v) is 2.38. The highest BCUT2D eigenvalue weighted by atomic mass is 35.5. The van der Waals surface area contributed by atoms with E-state index in [0.29, 0.717) is 5.02 Å². The van der Waals surface area contributed by atoms with Crippen LogP contribution in [0.3, 0.4) is 0 Å². The summed E-state index contributed by atoms with van der Waals surface area (Å²) in [5.74, 6) is 0. The first-order valence-electron chi connectivity index (χ1n) is 6.73. The third-order valence-corrected chi connectivity index (χ3v) is 3.46. The summed E-state index contributed by atoms with van der Waals surface area (Å²) in [4.78, 5) is 13.8. The molecule has 1 aromatic carbocycles. The fourth-order valence-electron chi connectivity index (χ4n) is 2.18. The second kappa shape index (κ2) is 7.19. The number of nitrogens with zero attached hydrogens (tertiary/aromatic N) is 1. The maximum absolute atomic E-state index is 11.9. The molecule has 0 saturated carbocycles. The lowest BCUT2D eigenvalue weighted by molar-refractivity contribution is 0.203.